The molecule has 1 aromatic carbocycles. The molecule has 0 atom stereocenters. The van der Waals surface area contributed by atoms with Gasteiger partial charge in [-0.2, -0.15) is 0 Å². The van der Waals surface area contributed by atoms with E-state index >= 15 is 0 Å². The van der Waals surface area contributed by atoms with Gasteiger partial charge in [0.2, 0.25) is 0 Å². The lowest BCUT2D eigenvalue weighted by Gasteiger charge is -2.33. The van der Waals surface area contributed by atoms with Gasteiger partial charge in [0.25, 0.3) is 0 Å². The maximum atomic E-state index is 5.96. The summed E-state index contributed by atoms with van der Waals surface area (Å²) in [6.45, 7) is 3.30. The Morgan fingerprint density at radius 2 is 1.79 bits per heavy atom. The fourth-order valence-corrected chi connectivity index (χ4v) is 3.61. The van der Waals surface area contributed by atoms with E-state index in [0.717, 1.165) is 6.04 Å². The highest BCUT2D eigenvalue weighted by atomic mass is 32.2. The van der Waals surface area contributed by atoms with Gasteiger partial charge in [-0.25, -0.2) is 0 Å². The minimum absolute atomic E-state index is 0.451. The van der Waals surface area contributed by atoms with Crippen LogP contribution < -0.4 is 5.73 Å². The van der Waals surface area contributed by atoms with Crippen molar-refractivity contribution in [3.8, 4) is 0 Å². The summed E-state index contributed by atoms with van der Waals surface area (Å²) in [7, 11) is 2.26. The average molecular weight is 278 g/mol. The van der Waals surface area contributed by atoms with Gasteiger partial charge in [-0.1, -0.05) is 17.7 Å². The second-order valence-electron chi connectivity index (χ2n) is 5.71. The standard InChI is InChI=1S/C16H26N2S/c1-13-3-9-16(10-4-13)19-12-11-18(2)15-7-5-14(17)6-8-15/h3-4,9-10,14-15H,5-8,11-12,17H2,1-2H3. The topological polar surface area (TPSA) is 29.3 Å². The minimum atomic E-state index is 0.451. The number of hydrogen-bond donors (Lipinski definition) is 1. The van der Waals surface area contributed by atoms with Crippen LogP contribution in [0.2, 0.25) is 0 Å². The van der Waals surface area contributed by atoms with Gasteiger partial charge in [0.1, 0.15) is 0 Å². The summed E-state index contributed by atoms with van der Waals surface area (Å²) in [6.07, 6.45) is 4.93. The highest BCUT2D eigenvalue weighted by Crippen LogP contribution is 2.23. The van der Waals surface area contributed by atoms with Gasteiger partial charge in [-0.15, -0.1) is 11.8 Å². The number of benzene rings is 1. The molecule has 0 spiro atoms. The molecular formula is C16H26N2S. The molecule has 2 nitrogen and oxygen atoms in total. The first-order valence-corrected chi connectivity index (χ1v) is 8.29. The third-order valence-electron chi connectivity index (χ3n) is 4.10. The summed E-state index contributed by atoms with van der Waals surface area (Å²) in [5.74, 6) is 1.17. The summed E-state index contributed by atoms with van der Waals surface area (Å²) in [4.78, 5) is 3.90. The van der Waals surface area contributed by atoms with Crippen LogP contribution in [0.3, 0.4) is 0 Å². The maximum Gasteiger partial charge on any atom is 0.0108 e. The number of rotatable bonds is 5. The number of nitrogens with two attached hydrogens (primary N) is 1. The van der Waals surface area contributed by atoms with Crippen molar-refractivity contribution in [2.75, 3.05) is 19.3 Å². The van der Waals surface area contributed by atoms with E-state index in [1.165, 1.54) is 48.4 Å². The van der Waals surface area contributed by atoms with Gasteiger partial charge >= 0.3 is 0 Å². The quantitative estimate of drug-likeness (QED) is 0.838. The van der Waals surface area contributed by atoms with Crippen molar-refractivity contribution in [1.82, 2.24) is 4.90 Å². The molecule has 0 amide bonds. The molecule has 1 fully saturated rings. The zero-order chi connectivity index (χ0) is 13.7. The molecule has 106 valence electrons. The molecule has 0 aliphatic heterocycles. The molecule has 1 aromatic rings. The first-order chi connectivity index (χ1) is 9.15. The van der Waals surface area contributed by atoms with Crippen LogP contribution in [0.25, 0.3) is 0 Å². The lowest BCUT2D eigenvalue weighted by atomic mass is 9.91. The molecule has 2 rings (SSSR count). The fraction of sp³-hybridized carbons (Fsp3) is 0.625. The van der Waals surface area contributed by atoms with E-state index in [4.69, 9.17) is 5.73 Å². The SMILES string of the molecule is Cc1ccc(SCCN(C)C2CCC(N)CC2)cc1. The first-order valence-electron chi connectivity index (χ1n) is 7.30. The zero-order valence-electron chi connectivity index (χ0n) is 12.1. The van der Waals surface area contributed by atoms with E-state index in [9.17, 15) is 0 Å². The smallest absolute Gasteiger partial charge is 0.0108 e. The van der Waals surface area contributed by atoms with Gasteiger partial charge in [0.05, 0.1) is 0 Å². The van der Waals surface area contributed by atoms with Crippen molar-refractivity contribution in [3.05, 3.63) is 29.8 Å². The van der Waals surface area contributed by atoms with Crippen molar-refractivity contribution >= 4 is 11.8 Å². The summed E-state index contributed by atoms with van der Waals surface area (Å²) in [6, 6.07) is 10.0. The van der Waals surface area contributed by atoms with Crippen LogP contribution in [0.4, 0.5) is 0 Å². The second-order valence-corrected chi connectivity index (χ2v) is 6.88. The van der Waals surface area contributed by atoms with Crippen molar-refractivity contribution in [1.29, 1.82) is 0 Å². The Bertz CT molecular complexity index is 369. The lowest BCUT2D eigenvalue weighted by Crippen LogP contribution is -2.39. The Kier molecular flexibility index (Phi) is 5.74. The summed E-state index contributed by atoms with van der Waals surface area (Å²) in [5, 5.41) is 0. The highest BCUT2D eigenvalue weighted by molar-refractivity contribution is 7.99. The van der Waals surface area contributed by atoms with Gasteiger partial charge in [0.15, 0.2) is 0 Å². The monoisotopic (exact) mass is 278 g/mol. The first kappa shape index (κ1) is 14.9. The third-order valence-corrected chi connectivity index (χ3v) is 5.09. The molecule has 0 heterocycles. The molecule has 0 saturated heterocycles. The third kappa shape index (κ3) is 4.83. The van der Waals surface area contributed by atoms with E-state index in [1.807, 2.05) is 11.8 Å². The van der Waals surface area contributed by atoms with Crippen molar-refractivity contribution in [2.45, 2.75) is 49.6 Å². The molecule has 3 heteroatoms. The summed E-state index contributed by atoms with van der Waals surface area (Å²) >= 11 is 1.96. The minimum Gasteiger partial charge on any atom is -0.328 e. The summed E-state index contributed by atoms with van der Waals surface area (Å²) < 4.78 is 0. The molecule has 1 aliphatic rings. The number of thioether (sulfide) groups is 1. The predicted octanol–water partition coefficient (Wildman–Crippen LogP) is 3.29. The van der Waals surface area contributed by atoms with Crippen molar-refractivity contribution in [2.24, 2.45) is 5.73 Å². The molecule has 0 radical (unpaired) electrons. The molecule has 2 N–H and O–H groups in total. The summed E-state index contributed by atoms with van der Waals surface area (Å²) in [5.41, 5.74) is 7.30. The van der Waals surface area contributed by atoms with Crippen LogP contribution in [0.1, 0.15) is 31.2 Å². The highest BCUT2D eigenvalue weighted by Gasteiger charge is 2.21. The van der Waals surface area contributed by atoms with E-state index < -0.39 is 0 Å². The van der Waals surface area contributed by atoms with Crippen LogP contribution in [0, 0.1) is 6.92 Å². The predicted molar refractivity (Wildman–Crippen MR) is 84.8 cm³/mol. The Labute approximate surface area is 121 Å². The fourth-order valence-electron chi connectivity index (χ4n) is 2.67. The van der Waals surface area contributed by atoms with Crippen LogP contribution in [0.15, 0.2) is 29.2 Å². The normalized spacial score (nSPS) is 23.8. The van der Waals surface area contributed by atoms with Gasteiger partial charge in [-0.05, 0) is 51.8 Å². The Morgan fingerprint density at radius 1 is 1.16 bits per heavy atom. The van der Waals surface area contributed by atoms with E-state index in [2.05, 4.69) is 43.1 Å². The molecule has 19 heavy (non-hydrogen) atoms. The van der Waals surface area contributed by atoms with E-state index in [-0.39, 0.29) is 0 Å². The van der Waals surface area contributed by atoms with Crippen LogP contribution in [-0.4, -0.2) is 36.3 Å². The number of aryl methyl sites for hydroxylation is 1. The van der Waals surface area contributed by atoms with Crippen molar-refractivity contribution < 1.29 is 0 Å². The van der Waals surface area contributed by atoms with E-state index in [1.54, 1.807) is 0 Å². The maximum absolute atomic E-state index is 5.96. The van der Waals surface area contributed by atoms with Gasteiger partial charge in [-0.3, -0.25) is 0 Å². The molecule has 0 bridgehead atoms. The van der Waals surface area contributed by atoms with Crippen LogP contribution >= 0.6 is 11.8 Å². The van der Waals surface area contributed by atoms with Crippen LogP contribution in [-0.2, 0) is 0 Å². The largest absolute Gasteiger partial charge is 0.328 e. The number of nitrogens with zero attached hydrogens (tertiary/aromatic N) is 1. The molecule has 1 aliphatic carbocycles. The average Bonchev–Trinajstić information content (AvgIpc) is 2.41. The van der Waals surface area contributed by atoms with Crippen molar-refractivity contribution in [3.63, 3.8) is 0 Å². The Hall–Kier alpha value is -0.510. The van der Waals surface area contributed by atoms with Crippen LogP contribution in [0.5, 0.6) is 0 Å². The lowest BCUT2D eigenvalue weighted by molar-refractivity contribution is 0.192. The second kappa shape index (κ2) is 7.32. The molecular weight excluding hydrogens is 252 g/mol. The van der Waals surface area contributed by atoms with Gasteiger partial charge < -0.3 is 10.6 Å². The molecule has 0 aromatic heterocycles. The number of hydrogen-bond acceptors (Lipinski definition) is 3. The molecule has 1 saturated carbocycles. The Balaban J connectivity index is 1.69. The van der Waals surface area contributed by atoms with Gasteiger partial charge in [0, 0.05) is 29.3 Å². The Morgan fingerprint density at radius 3 is 2.42 bits per heavy atom. The molecule has 0 unspecified atom stereocenters. The zero-order valence-corrected chi connectivity index (χ0v) is 13.0. The van der Waals surface area contributed by atoms with E-state index in [0.29, 0.717) is 6.04 Å².